The molecule has 3 rings (SSSR count). The highest BCUT2D eigenvalue weighted by atomic mass is 32.3. The molecule has 2 fully saturated rings. The van der Waals surface area contributed by atoms with Gasteiger partial charge in [-0.1, -0.05) is 6.07 Å². The molecule has 0 radical (unpaired) electrons. The lowest BCUT2D eigenvalue weighted by Crippen LogP contribution is -2.54. The van der Waals surface area contributed by atoms with Gasteiger partial charge in [0.05, 0.1) is 10.9 Å². The first-order valence-electron chi connectivity index (χ1n) is 7.17. The summed E-state index contributed by atoms with van der Waals surface area (Å²) in [5.41, 5.74) is 4.51. The van der Waals surface area contributed by atoms with Crippen molar-refractivity contribution in [3.63, 3.8) is 0 Å². The summed E-state index contributed by atoms with van der Waals surface area (Å²) in [5, 5.41) is 2.26. The van der Waals surface area contributed by atoms with Crippen molar-refractivity contribution in [3.8, 4) is 0 Å². The Labute approximate surface area is 146 Å². The van der Waals surface area contributed by atoms with Gasteiger partial charge in [-0.15, -0.1) is 15.6 Å². The van der Waals surface area contributed by atoms with Crippen LogP contribution in [0.15, 0.2) is 17.5 Å². The van der Waals surface area contributed by atoms with E-state index in [0.29, 0.717) is 16.4 Å². The molecule has 0 unspecified atom stereocenters. The second-order valence-corrected chi connectivity index (χ2v) is 7.38. The van der Waals surface area contributed by atoms with Crippen molar-refractivity contribution in [2.24, 2.45) is 0 Å². The van der Waals surface area contributed by atoms with Gasteiger partial charge in [0, 0.05) is 6.54 Å². The molecule has 0 saturated carbocycles. The van der Waals surface area contributed by atoms with Crippen LogP contribution in [0.4, 0.5) is 4.79 Å². The van der Waals surface area contributed by atoms with Crippen LogP contribution < -0.4 is 10.9 Å². The zero-order valence-electron chi connectivity index (χ0n) is 12.6. The molecule has 2 bridgehead atoms. The summed E-state index contributed by atoms with van der Waals surface area (Å²) in [5.74, 6) is -1.09. The number of fused-ring (bicyclic) bond motifs is 2. The number of hydrazine groups is 1. The molecule has 2 atom stereocenters. The molecular weight excluding hydrogens is 376 g/mol. The van der Waals surface area contributed by atoms with Crippen molar-refractivity contribution in [2.75, 3.05) is 6.54 Å². The molecule has 0 aliphatic carbocycles. The van der Waals surface area contributed by atoms with Crippen LogP contribution in [0.2, 0.25) is 0 Å². The Bertz CT molecular complexity index is 794. The average molecular weight is 390 g/mol. The smallest absolute Gasteiger partial charge is 0.309 e. The van der Waals surface area contributed by atoms with Gasteiger partial charge in [0.2, 0.25) is 0 Å². The number of nitrogens with one attached hydrogen (secondary N) is 2. The van der Waals surface area contributed by atoms with Crippen LogP contribution >= 0.6 is 11.3 Å². The number of rotatable bonds is 4. The molecule has 2 saturated heterocycles. The zero-order valence-corrected chi connectivity index (χ0v) is 14.2. The van der Waals surface area contributed by atoms with Gasteiger partial charge in [-0.25, -0.2) is 4.79 Å². The summed E-state index contributed by atoms with van der Waals surface area (Å²) in [6.45, 7) is 0.0747. The summed E-state index contributed by atoms with van der Waals surface area (Å²) < 4.78 is 34.7. The van der Waals surface area contributed by atoms with Gasteiger partial charge in [0.15, 0.2) is 0 Å². The maximum Gasteiger partial charge on any atom is 0.418 e. The largest absolute Gasteiger partial charge is 0.418 e. The van der Waals surface area contributed by atoms with Gasteiger partial charge in [0.1, 0.15) is 6.04 Å². The molecule has 136 valence electrons. The lowest BCUT2D eigenvalue weighted by molar-refractivity contribution is -0.126. The van der Waals surface area contributed by atoms with E-state index in [1.54, 1.807) is 17.5 Å². The Hall–Kier alpha value is -2.22. The van der Waals surface area contributed by atoms with Gasteiger partial charge in [0.25, 0.3) is 11.8 Å². The van der Waals surface area contributed by atoms with Crippen molar-refractivity contribution in [2.45, 2.75) is 24.9 Å². The number of amides is 4. The second kappa shape index (κ2) is 6.59. The molecule has 0 spiro atoms. The fourth-order valence-corrected chi connectivity index (χ4v) is 3.78. The SMILES string of the molecule is O=C(NNC(=O)[C@@H]1CC[C@@H]2CN1C(=O)N2OS(=O)(=O)O)c1cccs1. The molecular formula is C12H14N4O7S2. The minimum absolute atomic E-state index is 0.0747. The lowest BCUT2D eigenvalue weighted by atomic mass is 10.0. The van der Waals surface area contributed by atoms with Gasteiger partial charge >= 0.3 is 16.4 Å². The normalized spacial score (nSPS) is 22.8. The monoisotopic (exact) mass is 390 g/mol. The van der Waals surface area contributed by atoms with Crippen LogP contribution in [-0.2, 0) is 19.5 Å². The molecule has 13 heteroatoms. The van der Waals surface area contributed by atoms with Crippen molar-refractivity contribution in [3.05, 3.63) is 22.4 Å². The Morgan fingerprint density at radius 2 is 2.08 bits per heavy atom. The quantitative estimate of drug-likeness (QED) is 0.465. The van der Waals surface area contributed by atoms with E-state index in [1.807, 2.05) is 0 Å². The van der Waals surface area contributed by atoms with Crippen LogP contribution in [0.25, 0.3) is 0 Å². The van der Waals surface area contributed by atoms with Crippen molar-refractivity contribution >= 4 is 39.6 Å². The van der Waals surface area contributed by atoms with E-state index < -0.39 is 40.3 Å². The van der Waals surface area contributed by atoms with E-state index in [9.17, 15) is 22.8 Å². The summed E-state index contributed by atoms with van der Waals surface area (Å²) >= 11 is 1.20. The second-order valence-electron chi connectivity index (χ2n) is 5.43. The number of piperidine rings is 1. The number of carbonyl (C=O) groups is 3. The van der Waals surface area contributed by atoms with E-state index in [4.69, 9.17) is 4.55 Å². The minimum Gasteiger partial charge on any atom is -0.309 e. The third kappa shape index (κ3) is 3.73. The fourth-order valence-electron chi connectivity index (χ4n) is 2.78. The molecule has 2 aliphatic heterocycles. The predicted octanol–water partition coefficient (Wildman–Crippen LogP) is -0.488. The molecule has 3 N–H and O–H groups in total. The maximum absolute atomic E-state index is 12.3. The third-order valence-corrected chi connectivity index (χ3v) is 5.06. The number of carbonyl (C=O) groups excluding carboxylic acids is 3. The van der Waals surface area contributed by atoms with Gasteiger partial charge < -0.3 is 4.90 Å². The van der Waals surface area contributed by atoms with E-state index in [1.165, 1.54) is 11.3 Å². The number of urea groups is 1. The number of hydrogen-bond donors (Lipinski definition) is 3. The predicted molar refractivity (Wildman–Crippen MR) is 83.3 cm³/mol. The minimum atomic E-state index is -4.84. The highest BCUT2D eigenvalue weighted by molar-refractivity contribution is 7.80. The highest BCUT2D eigenvalue weighted by Gasteiger charge is 2.49. The van der Waals surface area contributed by atoms with Gasteiger partial charge in [-0.2, -0.15) is 13.5 Å². The Balaban J connectivity index is 1.61. The molecule has 1 aromatic rings. The van der Waals surface area contributed by atoms with E-state index >= 15 is 0 Å². The van der Waals surface area contributed by atoms with Crippen molar-refractivity contribution < 1.29 is 31.6 Å². The summed E-state index contributed by atoms with van der Waals surface area (Å²) in [6, 6.07) is 0.966. The maximum atomic E-state index is 12.3. The topological polar surface area (TPSA) is 145 Å². The molecule has 25 heavy (non-hydrogen) atoms. The van der Waals surface area contributed by atoms with Crippen LogP contribution in [0.1, 0.15) is 22.5 Å². The first-order valence-corrected chi connectivity index (χ1v) is 9.41. The van der Waals surface area contributed by atoms with Crippen LogP contribution in [-0.4, -0.2) is 59.4 Å². The van der Waals surface area contributed by atoms with Crippen LogP contribution in [0.3, 0.4) is 0 Å². The lowest BCUT2D eigenvalue weighted by Gasteiger charge is -2.29. The molecule has 0 aromatic carbocycles. The summed E-state index contributed by atoms with van der Waals surface area (Å²) in [7, 11) is -4.84. The van der Waals surface area contributed by atoms with Crippen molar-refractivity contribution in [1.29, 1.82) is 0 Å². The van der Waals surface area contributed by atoms with Crippen LogP contribution in [0, 0.1) is 0 Å². The van der Waals surface area contributed by atoms with Crippen LogP contribution in [0.5, 0.6) is 0 Å². The fraction of sp³-hybridized carbons (Fsp3) is 0.417. The van der Waals surface area contributed by atoms with E-state index in [0.717, 1.165) is 4.90 Å². The molecule has 4 amide bonds. The average Bonchev–Trinajstić information content (AvgIpc) is 3.16. The van der Waals surface area contributed by atoms with E-state index in [2.05, 4.69) is 15.1 Å². The van der Waals surface area contributed by atoms with E-state index in [-0.39, 0.29) is 13.0 Å². The van der Waals surface area contributed by atoms with Gasteiger partial charge in [-0.05, 0) is 24.3 Å². The molecule has 11 nitrogen and oxygen atoms in total. The zero-order chi connectivity index (χ0) is 18.2. The first-order chi connectivity index (χ1) is 11.8. The number of thiophene rings is 1. The molecule has 3 heterocycles. The van der Waals surface area contributed by atoms with Crippen molar-refractivity contribution in [1.82, 2.24) is 20.8 Å². The number of hydroxylamine groups is 2. The molecule has 2 aliphatic rings. The summed E-state index contributed by atoms with van der Waals surface area (Å²) in [4.78, 5) is 37.8. The molecule has 1 aromatic heterocycles. The number of hydrogen-bond acceptors (Lipinski definition) is 7. The third-order valence-electron chi connectivity index (χ3n) is 3.84. The Morgan fingerprint density at radius 1 is 1.32 bits per heavy atom. The number of nitrogens with zero attached hydrogens (tertiary/aromatic N) is 2. The first kappa shape index (κ1) is 17.6. The Morgan fingerprint density at radius 3 is 2.72 bits per heavy atom. The highest BCUT2D eigenvalue weighted by Crippen LogP contribution is 2.30. The standard InChI is InChI=1S/C12H14N4O7S2/c17-10(13-14-11(18)9-2-1-5-24-9)8-4-3-7-6-15(8)12(19)16(7)23-25(20,21)22/h1-2,5,7-8H,3-4,6H2,(H,13,17)(H,14,18)(H,20,21,22)/t7-,8+/m1/s1. The van der Waals surface area contributed by atoms with Gasteiger partial charge in [-0.3, -0.25) is 25.0 Å². The Kier molecular flexibility index (Phi) is 4.64. The summed E-state index contributed by atoms with van der Waals surface area (Å²) in [6.07, 6.45) is 0.553.